The highest BCUT2D eigenvalue weighted by Gasteiger charge is 2.14. The Morgan fingerprint density at radius 3 is 2.56 bits per heavy atom. The van der Waals surface area contributed by atoms with Crippen molar-refractivity contribution in [1.82, 2.24) is 4.98 Å². The average molecular weight is 381 g/mol. The standard InChI is InChI=1S/C20H19N3O3S/c1-14-7-9-16(10-8-14)22-18(24)12-26-19(25)17-13-27-20(23-17)21-11-15-5-3-2-4-6-15/h2-10,13H,11-12H2,1H3,(H,21,23)(H,22,24). The van der Waals surface area contributed by atoms with Gasteiger partial charge >= 0.3 is 5.97 Å². The smallest absolute Gasteiger partial charge is 0.358 e. The Balaban J connectivity index is 1.46. The van der Waals surface area contributed by atoms with Gasteiger partial charge in [-0.05, 0) is 24.6 Å². The molecular formula is C20H19N3O3S. The molecule has 0 saturated carbocycles. The van der Waals surface area contributed by atoms with E-state index in [4.69, 9.17) is 4.74 Å². The van der Waals surface area contributed by atoms with Crippen molar-refractivity contribution in [3.05, 3.63) is 76.8 Å². The number of carbonyl (C=O) groups is 2. The lowest BCUT2D eigenvalue weighted by molar-refractivity contribution is -0.119. The van der Waals surface area contributed by atoms with Gasteiger partial charge in [-0.2, -0.15) is 0 Å². The molecule has 2 N–H and O–H groups in total. The highest BCUT2D eigenvalue weighted by molar-refractivity contribution is 7.13. The molecule has 0 saturated heterocycles. The number of anilines is 2. The summed E-state index contributed by atoms with van der Waals surface area (Å²) < 4.78 is 5.03. The topological polar surface area (TPSA) is 80.3 Å². The van der Waals surface area contributed by atoms with Crippen molar-refractivity contribution in [1.29, 1.82) is 0 Å². The molecule has 0 fully saturated rings. The molecule has 3 rings (SSSR count). The number of aromatic nitrogens is 1. The van der Waals surface area contributed by atoms with Crippen LogP contribution in [0.3, 0.4) is 0 Å². The molecule has 0 aliphatic heterocycles. The van der Waals surface area contributed by atoms with Crippen LogP contribution in [0.5, 0.6) is 0 Å². The quantitative estimate of drug-likeness (QED) is 0.608. The molecular weight excluding hydrogens is 362 g/mol. The van der Waals surface area contributed by atoms with Gasteiger partial charge < -0.3 is 15.4 Å². The number of ether oxygens (including phenoxy) is 1. The molecule has 138 valence electrons. The summed E-state index contributed by atoms with van der Waals surface area (Å²) in [4.78, 5) is 28.1. The van der Waals surface area contributed by atoms with Gasteiger partial charge in [-0.15, -0.1) is 11.3 Å². The largest absolute Gasteiger partial charge is 0.451 e. The van der Waals surface area contributed by atoms with E-state index in [1.54, 1.807) is 17.5 Å². The van der Waals surface area contributed by atoms with Crippen LogP contribution in [0.15, 0.2) is 60.0 Å². The van der Waals surface area contributed by atoms with E-state index in [0.717, 1.165) is 11.1 Å². The highest BCUT2D eigenvalue weighted by Crippen LogP contribution is 2.17. The molecule has 0 atom stereocenters. The summed E-state index contributed by atoms with van der Waals surface area (Å²) in [7, 11) is 0. The van der Waals surface area contributed by atoms with Gasteiger partial charge in [-0.1, -0.05) is 48.0 Å². The number of rotatable bonds is 7. The van der Waals surface area contributed by atoms with Gasteiger partial charge in [0.05, 0.1) is 0 Å². The first-order valence-electron chi connectivity index (χ1n) is 8.37. The van der Waals surface area contributed by atoms with Crippen molar-refractivity contribution in [3.63, 3.8) is 0 Å². The van der Waals surface area contributed by atoms with Crippen LogP contribution in [-0.4, -0.2) is 23.5 Å². The first-order valence-corrected chi connectivity index (χ1v) is 9.25. The fraction of sp³-hybridized carbons (Fsp3) is 0.150. The summed E-state index contributed by atoms with van der Waals surface area (Å²) in [5, 5.41) is 8.06. The summed E-state index contributed by atoms with van der Waals surface area (Å²) >= 11 is 1.31. The Morgan fingerprint density at radius 1 is 1.07 bits per heavy atom. The number of aryl methyl sites for hydroxylation is 1. The summed E-state index contributed by atoms with van der Waals surface area (Å²) in [5.41, 5.74) is 3.05. The number of nitrogens with one attached hydrogen (secondary N) is 2. The number of benzene rings is 2. The van der Waals surface area contributed by atoms with Gasteiger partial charge in [0.25, 0.3) is 5.91 Å². The van der Waals surface area contributed by atoms with Gasteiger partial charge in [0.15, 0.2) is 17.4 Å². The Kier molecular flexibility index (Phi) is 6.17. The second-order valence-corrected chi connectivity index (χ2v) is 6.73. The van der Waals surface area contributed by atoms with Crippen LogP contribution >= 0.6 is 11.3 Å². The Labute approximate surface area is 161 Å². The lowest BCUT2D eigenvalue weighted by atomic mass is 10.2. The van der Waals surface area contributed by atoms with E-state index in [0.29, 0.717) is 17.4 Å². The van der Waals surface area contributed by atoms with Crippen LogP contribution in [0, 0.1) is 6.92 Å². The molecule has 0 aliphatic rings. The van der Waals surface area contributed by atoms with Crippen LogP contribution in [0.1, 0.15) is 21.6 Å². The zero-order valence-electron chi connectivity index (χ0n) is 14.8. The summed E-state index contributed by atoms with van der Waals surface area (Å²) in [6, 6.07) is 17.2. The van der Waals surface area contributed by atoms with E-state index in [-0.39, 0.29) is 12.3 Å². The molecule has 1 amide bonds. The summed E-state index contributed by atoms with van der Waals surface area (Å²) in [5.74, 6) is -1.03. The lowest BCUT2D eigenvalue weighted by Crippen LogP contribution is -2.21. The van der Waals surface area contributed by atoms with Crippen molar-refractivity contribution in [2.75, 3.05) is 17.2 Å². The van der Waals surface area contributed by atoms with E-state index in [1.807, 2.05) is 49.4 Å². The second kappa shape index (κ2) is 8.95. The van der Waals surface area contributed by atoms with Gasteiger partial charge in [0, 0.05) is 17.6 Å². The lowest BCUT2D eigenvalue weighted by Gasteiger charge is -2.06. The molecule has 27 heavy (non-hydrogen) atoms. The third-order valence-corrected chi connectivity index (χ3v) is 4.47. The number of nitrogens with zero attached hydrogens (tertiary/aromatic N) is 1. The minimum Gasteiger partial charge on any atom is -0.451 e. The summed E-state index contributed by atoms with van der Waals surface area (Å²) in [6.45, 7) is 2.21. The Bertz CT molecular complexity index is 908. The molecule has 0 unspecified atom stereocenters. The minimum atomic E-state index is -0.627. The monoisotopic (exact) mass is 381 g/mol. The minimum absolute atomic E-state index is 0.179. The fourth-order valence-electron chi connectivity index (χ4n) is 2.26. The first-order chi connectivity index (χ1) is 13.1. The summed E-state index contributed by atoms with van der Waals surface area (Å²) in [6.07, 6.45) is 0. The van der Waals surface area contributed by atoms with E-state index < -0.39 is 11.9 Å². The molecule has 0 aliphatic carbocycles. The number of thiazole rings is 1. The average Bonchev–Trinajstić information content (AvgIpc) is 3.16. The zero-order valence-corrected chi connectivity index (χ0v) is 15.6. The molecule has 3 aromatic rings. The van der Waals surface area contributed by atoms with Gasteiger partial charge in [0.2, 0.25) is 0 Å². The van der Waals surface area contributed by atoms with Crippen molar-refractivity contribution >= 4 is 34.0 Å². The third kappa shape index (κ3) is 5.65. The molecule has 2 aromatic carbocycles. The Hall–Kier alpha value is -3.19. The van der Waals surface area contributed by atoms with E-state index >= 15 is 0 Å². The maximum atomic E-state index is 12.0. The van der Waals surface area contributed by atoms with Crippen molar-refractivity contribution in [2.45, 2.75) is 13.5 Å². The zero-order chi connectivity index (χ0) is 19.1. The second-order valence-electron chi connectivity index (χ2n) is 5.87. The predicted molar refractivity (Wildman–Crippen MR) is 106 cm³/mol. The molecule has 1 heterocycles. The van der Waals surface area contributed by atoms with Crippen molar-refractivity contribution in [3.8, 4) is 0 Å². The predicted octanol–water partition coefficient (Wildman–Crippen LogP) is 3.86. The molecule has 7 heteroatoms. The van der Waals surface area contributed by atoms with Crippen LogP contribution in [-0.2, 0) is 16.1 Å². The molecule has 0 radical (unpaired) electrons. The fourth-order valence-corrected chi connectivity index (χ4v) is 2.94. The third-order valence-electron chi connectivity index (χ3n) is 3.67. The van der Waals surface area contributed by atoms with Gasteiger partial charge in [-0.25, -0.2) is 9.78 Å². The maximum absolute atomic E-state index is 12.0. The maximum Gasteiger partial charge on any atom is 0.358 e. The molecule has 0 bridgehead atoms. The number of carbonyl (C=O) groups excluding carboxylic acids is 2. The molecule has 1 aromatic heterocycles. The van der Waals surface area contributed by atoms with Crippen molar-refractivity contribution in [2.24, 2.45) is 0 Å². The first kappa shape index (κ1) is 18.6. The van der Waals surface area contributed by atoms with E-state index in [9.17, 15) is 9.59 Å². The van der Waals surface area contributed by atoms with Gasteiger partial charge in [0.1, 0.15) is 0 Å². The number of amides is 1. The number of hydrogen-bond donors (Lipinski definition) is 2. The van der Waals surface area contributed by atoms with Crippen molar-refractivity contribution < 1.29 is 14.3 Å². The van der Waals surface area contributed by atoms with Crippen LogP contribution in [0.25, 0.3) is 0 Å². The highest BCUT2D eigenvalue weighted by atomic mass is 32.1. The SMILES string of the molecule is Cc1ccc(NC(=O)COC(=O)c2csc(NCc3ccccc3)n2)cc1. The van der Waals surface area contributed by atoms with Crippen LogP contribution < -0.4 is 10.6 Å². The normalized spacial score (nSPS) is 10.3. The molecule has 6 nitrogen and oxygen atoms in total. The Morgan fingerprint density at radius 2 is 1.81 bits per heavy atom. The van der Waals surface area contributed by atoms with Crippen LogP contribution in [0.2, 0.25) is 0 Å². The van der Waals surface area contributed by atoms with E-state index in [2.05, 4.69) is 15.6 Å². The van der Waals surface area contributed by atoms with E-state index in [1.165, 1.54) is 11.3 Å². The number of esters is 1. The van der Waals surface area contributed by atoms with Crippen LogP contribution in [0.4, 0.5) is 10.8 Å². The van der Waals surface area contributed by atoms with Gasteiger partial charge in [-0.3, -0.25) is 4.79 Å². The number of hydrogen-bond acceptors (Lipinski definition) is 6. The molecule has 0 spiro atoms.